The number of aliphatic hydroxyl groups excluding tert-OH is 1. The summed E-state index contributed by atoms with van der Waals surface area (Å²) < 4.78 is 12.7. The number of carbonyl (C=O) groups is 1. The van der Waals surface area contributed by atoms with Crippen LogP contribution in [-0.2, 0) is 0 Å². The quantitative estimate of drug-likeness (QED) is 0.705. The van der Waals surface area contributed by atoms with Crippen LogP contribution in [-0.4, -0.2) is 46.1 Å². The molecule has 0 aromatic rings. The van der Waals surface area contributed by atoms with Crippen LogP contribution in [0.4, 0.5) is 9.18 Å². The molecule has 0 bridgehead atoms. The molecule has 0 aliphatic carbocycles. The standard InChI is InChI=1S/C8H16FNO3/c1-8(2,3)10(7(12)13)4-6(9)5-11/h6,11H,4-5H2,1-3H3,(H,12,13)/t6-/m0/s1. The van der Waals surface area contributed by atoms with E-state index in [2.05, 4.69) is 0 Å². The molecule has 4 nitrogen and oxygen atoms in total. The Morgan fingerprint density at radius 1 is 1.54 bits per heavy atom. The molecule has 1 amide bonds. The van der Waals surface area contributed by atoms with Crippen molar-refractivity contribution in [1.29, 1.82) is 0 Å². The van der Waals surface area contributed by atoms with Gasteiger partial charge >= 0.3 is 6.09 Å². The van der Waals surface area contributed by atoms with Gasteiger partial charge in [-0.25, -0.2) is 9.18 Å². The average Bonchev–Trinajstić information content (AvgIpc) is 1.96. The van der Waals surface area contributed by atoms with E-state index in [0.717, 1.165) is 4.90 Å². The molecule has 0 aliphatic heterocycles. The van der Waals surface area contributed by atoms with Gasteiger partial charge in [0, 0.05) is 5.54 Å². The maximum Gasteiger partial charge on any atom is 0.407 e. The van der Waals surface area contributed by atoms with Crippen molar-refractivity contribution in [2.24, 2.45) is 0 Å². The topological polar surface area (TPSA) is 60.8 Å². The van der Waals surface area contributed by atoms with Gasteiger partial charge in [-0.1, -0.05) is 0 Å². The lowest BCUT2D eigenvalue weighted by Crippen LogP contribution is -2.48. The van der Waals surface area contributed by atoms with Gasteiger partial charge in [-0.05, 0) is 20.8 Å². The zero-order valence-corrected chi connectivity index (χ0v) is 8.12. The minimum atomic E-state index is -1.52. The maximum absolute atomic E-state index is 12.7. The Labute approximate surface area is 77.0 Å². The Hall–Kier alpha value is -0.840. The van der Waals surface area contributed by atoms with Crippen LogP contribution in [0.25, 0.3) is 0 Å². The third kappa shape index (κ3) is 4.07. The number of carboxylic acid groups (broad SMARTS) is 1. The molecule has 1 atom stereocenters. The van der Waals surface area contributed by atoms with E-state index in [4.69, 9.17) is 10.2 Å². The number of alkyl halides is 1. The summed E-state index contributed by atoms with van der Waals surface area (Å²) in [5, 5.41) is 17.2. The first-order chi connectivity index (χ1) is 5.79. The first-order valence-electron chi connectivity index (χ1n) is 4.04. The van der Waals surface area contributed by atoms with E-state index >= 15 is 0 Å². The number of amides is 1. The predicted octanol–water partition coefficient (Wildman–Crippen LogP) is 1.10. The van der Waals surface area contributed by atoms with E-state index in [1.807, 2.05) is 0 Å². The Bertz CT molecular complexity index is 179. The second-order valence-corrected chi connectivity index (χ2v) is 3.84. The van der Waals surface area contributed by atoms with Gasteiger partial charge in [-0.3, -0.25) is 0 Å². The summed E-state index contributed by atoms with van der Waals surface area (Å²) in [4.78, 5) is 11.6. The lowest BCUT2D eigenvalue weighted by Gasteiger charge is -2.33. The summed E-state index contributed by atoms with van der Waals surface area (Å²) in [5.74, 6) is 0. The van der Waals surface area contributed by atoms with Gasteiger partial charge in [0.15, 0.2) is 0 Å². The van der Waals surface area contributed by atoms with Gasteiger partial charge in [-0.2, -0.15) is 0 Å². The Morgan fingerprint density at radius 2 is 2.00 bits per heavy atom. The number of hydrogen-bond donors (Lipinski definition) is 2. The molecule has 78 valence electrons. The number of halogens is 1. The van der Waals surface area contributed by atoms with Crippen LogP contribution in [0.1, 0.15) is 20.8 Å². The van der Waals surface area contributed by atoms with Crippen molar-refractivity contribution in [2.45, 2.75) is 32.5 Å². The minimum Gasteiger partial charge on any atom is -0.465 e. The zero-order valence-electron chi connectivity index (χ0n) is 8.12. The number of nitrogens with zero attached hydrogens (tertiary/aromatic N) is 1. The molecule has 0 saturated carbocycles. The molecule has 0 aromatic heterocycles. The predicted molar refractivity (Wildman–Crippen MR) is 46.5 cm³/mol. The molecule has 0 spiro atoms. The lowest BCUT2D eigenvalue weighted by molar-refractivity contribution is 0.0657. The van der Waals surface area contributed by atoms with Crippen molar-refractivity contribution in [1.82, 2.24) is 4.90 Å². The normalized spacial score (nSPS) is 13.9. The first kappa shape index (κ1) is 12.2. The Balaban J connectivity index is 4.37. The Morgan fingerprint density at radius 3 is 2.23 bits per heavy atom. The summed E-state index contributed by atoms with van der Waals surface area (Å²) in [6.07, 6.45) is -2.70. The molecule has 5 heteroatoms. The molecule has 0 saturated heterocycles. The highest BCUT2D eigenvalue weighted by molar-refractivity contribution is 5.66. The van der Waals surface area contributed by atoms with Crippen molar-refractivity contribution in [3.63, 3.8) is 0 Å². The van der Waals surface area contributed by atoms with E-state index in [1.54, 1.807) is 20.8 Å². The van der Waals surface area contributed by atoms with Crippen LogP contribution in [0.15, 0.2) is 0 Å². The molecule has 0 radical (unpaired) electrons. The van der Waals surface area contributed by atoms with Crippen molar-refractivity contribution in [3.05, 3.63) is 0 Å². The van der Waals surface area contributed by atoms with Crippen LogP contribution in [0, 0.1) is 0 Å². The lowest BCUT2D eigenvalue weighted by atomic mass is 10.1. The van der Waals surface area contributed by atoms with Gasteiger partial charge < -0.3 is 15.1 Å². The largest absolute Gasteiger partial charge is 0.465 e. The van der Waals surface area contributed by atoms with E-state index in [-0.39, 0.29) is 6.54 Å². The monoisotopic (exact) mass is 193 g/mol. The number of rotatable bonds is 3. The number of aliphatic hydroxyl groups is 1. The molecule has 0 heterocycles. The molecule has 0 rings (SSSR count). The molecule has 0 unspecified atom stereocenters. The molecule has 0 aliphatic rings. The summed E-state index contributed by atoms with van der Waals surface area (Å²) in [7, 11) is 0. The van der Waals surface area contributed by atoms with Gasteiger partial charge in [0.05, 0.1) is 13.2 Å². The highest BCUT2D eigenvalue weighted by atomic mass is 19.1. The fourth-order valence-corrected chi connectivity index (χ4v) is 0.895. The SMILES string of the molecule is CC(C)(C)N(C[C@H](F)CO)C(=O)O. The minimum absolute atomic E-state index is 0.296. The van der Waals surface area contributed by atoms with E-state index in [1.165, 1.54) is 0 Å². The molecule has 0 fully saturated rings. The first-order valence-corrected chi connectivity index (χ1v) is 4.04. The van der Waals surface area contributed by atoms with Crippen LogP contribution < -0.4 is 0 Å². The van der Waals surface area contributed by atoms with Gasteiger partial charge in [0.25, 0.3) is 0 Å². The highest BCUT2D eigenvalue weighted by Crippen LogP contribution is 2.14. The fourth-order valence-electron chi connectivity index (χ4n) is 0.895. The smallest absolute Gasteiger partial charge is 0.407 e. The van der Waals surface area contributed by atoms with Gasteiger partial charge in [0.2, 0.25) is 0 Å². The third-order valence-corrected chi connectivity index (χ3v) is 1.62. The third-order valence-electron chi connectivity index (χ3n) is 1.62. The van der Waals surface area contributed by atoms with Gasteiger partial charge in [-0.15, -0.1) is 0 Å². The summed E-state index contributed by atoms with van der Waals surface area (Å²) >= 11 is 0. The molecular weight excluding hydrogens is 177 g/mol. The molecule has 0 aromatic carbocycles. The van der Waals surface area contributed by atoms with Crippen LogP contribution in [0.2, 0.25) is 0 Å². The van der Waals surface area contributed by atoms with Crippen molar-refractivity contribution >= 4 is 6.09 Å². The molecular formula is C8H16FNO3. The van der Waals surface area contributed by atoms with Gasteiger partial charge in [0.1, 0.15) is 6.17 Å². The molecule has 2 N–H and O–H groups in total. The van der Waals surface area contributed by atoms with Crippen molar-refractivity contribution in [3.8, 4) is 0 Å². The van der Waals surface area contributed by atoms with Crippen LogP contribution in [0.3, 0.4) is 0 Å². The van der Waals surface area contributed by atoms with Crippen LogP contribution >= 0.6 is 0 Å². The Kier molecular flexibility index (Phi) is 4.13. The van der Waals surface area contributed by atoms with E-state index in [0.29, 0.717) is 0 Å². The highest BCUT2D eigenvalue weighted by Gasteiger charge is 2.28. The zero-order chi connectivity index (χ0) is 10.6. The molecule has 13 heavy (non-hydrogen) atoms. The van der Waals surface area contributed by atoms with E-state index in [9.17, 15) is 9.18 Å². The van der Waals surface area contributed by atoms with Crippen LogP contribution in [0.5, 0.6) is 0 Å². The maximum atomic E-state index is 12.7. The second-order valence-electron chi connectivity index (χ2n) is 3.84. The summed E-state index contributed by atoms with van der Waals surface area (Å²) in [6.45, 7) is 4.07. The summed E-state index contributed by atoms with van der Waals surface area (Å²) in [5.41, 5.74) is -0.647. The average molecular weight is 193 g/mol. The second kappa shape index (κ2) is 4.41. The fraction of sp³-hybridized carbons (Fsp3) is 0.875. The van der Waals surface area contributed by atoms with Crippen molar-refractivity contribution < 1.29 is 19.4 Å². The number of hydrogen-bond acceptors (Lipinski definition) is 2. The summed E-state index contributed by atoms with van der Waals surface area (Å²) in [6, 6.07) is 0. The van der Waals surface area contributed by atoms with E-state index < -0.39 is 24.4 Å². The van der Waals surface area contributed by atoms with Crippen molar-refractivity contribution in [2.75, 3.05) is 13.2 Å².